The molecule has 1 aliphatic heterocycles. The Bertz CT molecular complexity index is 762. The molecule has 0 aliphatic carbocycles. The van der Waals surface area contributed by atoms with Gasteiger partial charge in [0.15, 0.2) is 0 Å². The summed E-state index contributed by atoms with van der Waals surface area (Å²) in [6, 6.07) is 16.1. The van der Waals surface area contributed by atoms with Crippen molar-refractivity contribution >= 4 is 29.3 Å². The van der Waals surface area contributed by atoms with Gasteiger partial charge in [0, 0.05) is 42.8 Å². The van der Waals surface area contributed by atoms with Crippen molar-refractivity contribution in [1.82, 2.24) is 4.90 Å². The fraction of sp³-hybridized carbons (Fsp3) is 0.300. The maximum Gasteiger partial charge on any atom is 0.225 e. The second-order valence-corrected chi connectivity index (χ2v) is 7.30. The van der Waals surface area contributed by atoms with Crippen LogP contribution in [0.3, 0.4) is 0 Å². The topological polar surface area (TPSA) is 49.4 Å². The van der Waals surface area contributed by atoms with Crippen molar-refractivity contribution < 1.29 is 9.59 Å². The van der Waals surface area contributed by atoms with E-state index in [-0.39, 0.29) is 11.8 Å². The van der Waals surface area contributed by atoms with Crippen molar-refractivity contribution in [2.75, 3.05) is 17.6 Å². The molecule has 2 amide bonds. The molecule has 130 valence electrons. The van der Waals surface area contributed by atoms with Crippen molar-refractivity contribution in [2.24, 2.45) is 0 Å². The molecule has 3 rings (SSSR count). The third kappa shape index (κ3) is 4.86. The van der Waals surface area contributed by atoms with Crippen LogP contribution in [0.5, 0.6) is 0 Å². The summed E-state index contributed by atoms with van der Waals surface area (Å²) in [6.07, 6.45) is 1.34. The van der Waals surface area contributed by atoms with E-state index in [1.54, 1.807) is 18.7 Å². The number of amides is 2. The molecule has 0 atom stereocenters. The molecule has 1 heterocycles. The summed E-state index contributed by atoms with van der Waals surface area (Å²) in [5.41, 5.74) is 3.19. The van der Waals surface area contributed by atoms with E-state index in [0.717, 1.165) is 30.0 Å². The molecule has 25 heavy (non-hydrogen) atoms. The maximum atomic E-state index is 12.2. The lowest BCUT2D eigenvalue weighted by Crippen LogP contribution is -2.34. The van der Waals surface area contributed by atoms with Gasteiger partial charge in [-0.1, -0.05) is 24.3 Å². The van der Waals surface area contributed by atoms with E-state index >= 15 is 0 Å². The first kappa shape index (κ1) is 17.5. The number of rotatable bonds is 5. The zero-order valence-electron chi connectivity index (χ0n) is 14.3. The smallest absolute Gasteiger partial charge is 0.225 e. The number of anilines is 1. The van der Waals surface area contributed by atoms with Crippen molar-refractivity contribution in [2.45, 2.75) is 31.2 Å². The van der Waals surface area contributed by atoms with Crippen molar-refractivity contribution in [3.63, 3.8) is 0 Å². The van der Waals surface area contributed by atoms with Crippen LogP contribution in [0, 0.1) is 0 Å². The third-order valence-corrected chi connectivity index (χ3v) is 5.30. The molecule has 2 aromatic carbocycles. The van der Waals surface area contributed by atoms with Crippen LogP contribution in [0.15, 0.2) is 53.4 Å². The van der Waals surface area contributed by atoms with Crippen LogP contribution < -0.4 is 5.32 Å². The molecule has 0 unspecified atom stereocenters. The van der Waals surface area contributed by atoms with Gasteiger partial charge >= 0.3 is 0 Å². The Morgan fingerprint density at radius 3 is 2.68 bits per heavy atom. The summed E-state index contributed by atoms with van der Waals surface area (Å²) in [7, 11) is 0. The molecular formula is C20H22N2O2S. The largest absolute Gasteiger partial charge is 0.338 e. The number of fused-ring (bicyclic) bond motifs is 1. The molecular weight excluding hydrogens is 332 g/mol. The lowest BCUT2D eigenvalue weighted by Gasteiger charge is -2.28. The van der Waals surface area contributed by atoms with E-state index < -0.39 is 0 Å². The van der Waals surface area contributed by atoms with E-state index in [4.69, 9.17) is 0 Å². The number of benzene rings is 2. The Balaban J connectivity index is 1.53. The average molecular weight is 354 g/mol. The number of nitrogens with zero attached hydrogens (tertiary/aromatic N) is 1. The lowest BCUT2D eigenvalue weighted by molar-refractivity contribution is -0.129. The number of carbonyl (C=O) groups excluding carboxylic acids is 2. The zero-order chi connectivity index (χ0) is 17.6. The van der Waals surface area contributed by atoms with Gasteiger partial charge in [0.25, 0.3) is 0 Å². The quantitative estimate of drug-likeness (QED) is 0.833. The summed E-state index contributed by atoms with van der Waals surface area (Å²) in [4.78, 5) is 26.7. The molecule has 1 aliphatic rings. The van der Waals surface area contributed by atoms with Crippen molar-refractivity contribution in [3.8, 4) is 0 Å². The minimum Gasteiger partial charge on any atom is -0.338 e. The Labute approximate surface area is 152 Å². The molecule has 1 N–H and O–H groups in total. The van der Waals surface area contributed by atoms with Gasteiger partial charge in [-0.2, -0.15) is 0 Å². The predicted octanol–water partition coefficient (Wildman–Crippen LogP) is 3.71. The fourth-order valence-corrected chi connectivity index (χ4v) is 3.78. The Morgan fingerprint density at radius 1 is 1.12 bits per heavy atom. The lowest BCUT2D eigenvalue weighted by atomic mass is 9.99. The van der Waals surface area contributed by atoms with Crippen LogP contribution >= 0.6 is 11.8 Å². The van der Waals surface area contributed by atoms with Gasteiger partial charge in [0.1, 0.15) is 0 Å². The van der Waals surface area contributed by atoms with Crippen LogP contribution in [0.25, 0.3) is 0 Å². The standard InChI is InChI=1S/C20H22N2O2S/c1-15(23)22-11-9-16-7-8-18(13-17(16)14-22)21-20(24)10-12-25-19-5-3-2-4-6-19/h2-8,13H,9-12,14H2,1H3,(H,21,24). The van der Waals surface area contributed by atoms with Crippen molar-refractivity contribution in [1.29, 1.82) is 0 Å². The highest BCUT2D eigenvalue weighted by Gasteiger charge is 2.18. The van der Waals surface area contributed by atoms with Crippen LogP contribution in [-0.4, -0.2) is 29.0 Å². The number of thioether (sulfide) groups is 1. The molecule has 0 saturated carbocycles. The van der Waals surface area contributed by atoms with Crippen LogP contribution in [0.4, 0.5) is 5.69 Å². The summed E-state index contributed by atoms with van der Waals surface area (Å²) in [6.45, 7) is 2.99. The SMILES string of the molecule is CC(=O)N1CCc2ccc(NC(=O)CCSc3ccccc3)cc2C1. The highest BCUT2D eigenvalue weighted by molar-refractivity contribution is 7.99. The minimum absolute atomic E-state index is 0.0163. The van der Waals surface area contributed by atoms with Crippen LogP contribution in [0.1, 0.15) is 24.5 Å². The highest BCUT2D eigenvalue weighted by Crippen LogP contribution is 2.23. The van der Waals surface area contributed by atoms with Gasteiger partial charge in [0.05, 0.1) is 0 Å². The van der Waals surface area contributed by atoms with Gasteiger partial charge in [-0.3, -0.25) is 9.59 Å². The average Bonchev–Trinajstić information content (AvgIpc) is 2.62. The number of nitrogens with one attached hydrogen (secondary N) is 1. The van der Waals surface area contributed by atoms with Gasteiger partial charge in [-0.05, 0) is 41.8 Å². The highest BCUT2D eigenvalue weighted by atomic mass is 32.2. The minimum atomic E-state index is 0.0163. The van der Waals surface area contributed by atoms with Crippen LogP contribution in [0.2, 0.25) is 0 Å². The van der Waals surface area contributed by atoms with E-state index in [2.05, 4.69) is 11.4 Å². The first-order valence-corrected chi connectivity index (χ1v) is 9.45. The van der Waals surface area contributed by atoms with Gasteiger partial charge in [-0.25, -0.2) is 0 Å². The first-order chi connectivity index (χ1) is 12.1. The predicted molar refractivity (Wildman–Crippen MR) is 102 cm³/mol. The molecule has 0 fully saturated rings. The van der Waals surface area contributed by atoms with E-state index in [1.165, 1.54) is 10.5 Å². The number of carbonyl (C=O) groups is 2. The maximum absolute atomic E-state index is 12.2. The molecule has 2 aromatic rings. The normalized spacial score (nSPS) is 13.2. The summed E-state index contributed by atoms with van der Waals surface area (Å²) >= 11 is 1.68. The second kappa shape index (κ2) is 8.21. The summed E-state index contributed by atoms with van der Waals surface area (Å²) < 4.78 is 0. The Kier molecular flexibility index (Phi) is 5.76. The van der Waals surface area contributed by atoms with E-state index in [9.17, 15) is 9.59 Å². The molecule has 0 radical (unpaired) electrons. The Hall–Kier alpha value is -2.27. The molecule has 0 spiro atoms. The molecule has 0 aromatic heterocycles. The number of hydrogen-bond donors (Lipinski definition) is 1. The molecule has 4 nitrogen and oxygen atoms in total. The van der Waals surface area contributed by atoms with Gasteiger partial charge < -0.3 is 10.2 Å². The molecule has 0 saturated heterocycles. The van der Waals surface area contributed by atoms with E-state index in [0.29, 0.717) is 13.0 Å². The van der Waals surface area contributed by atoms with Crippen molar-refractivity contribution in [3.05, 3.63) is 59.7 Å². The third-order valence-electron chi connectivity index (χ3n) is 4.29. The summed E-state index contributed by atoms with van der Waals surface area (Å²) in [5, 5.41) is 2.97. The van der Waals surface area contributed by atoms with Gasteiger partial charge in [0.2, 0.25) is 11.8 Å². The number of hydrogen-bond acceptors (Lipinski definition) is 3. The molecule has 0 bridgehead atoms. The second-order valence-electron chi connectivity index (χ2n) is 6.13. The Morgan fingerprint density at radius 2 is 1.92 bits per heavy atom. The van der Waals surface area contributed by atoms with Gasteiger partial charge in [-0.15, -0.1) is 11.8 Å². The monoisotopic (exact) mass is 354 g/mol. The van der Waals surface area contributed by atoms with Crippen LogP contribution in [-0.2, 0) is 22.6 Å². The fourth-order valence-electron chi connectivity index (χ4n) is 2.91. The first-order valence-electron chi connectivity index (χ1n) is 8.47. The zero-order valence-corrected chi connectivity index (χ0v) is 15.1. The molecule has 5 heteroatoms. The summed E-state index contributed by atoms with van der Waals surface area (Å²) in [5.74, 6) is 0.861. The van der Waals surface area contributed by atoms with E-state index in [1.807, 2.05) is 47.4 Å².